The van der Waals surface area contributed by atoms with Crippen molar-refractivity contribution in [3.05, 3.63) is 53.0 Å². The number of thiophene rings is 1. The summed E-state index contributed by atoms with van der Waals surface area (Å²) in [6.45, 7) is 1.60. The lowest BCUT2D eigenvalue weighted by Gasteiger charge is -2.10. The lowest BCUT2D eigenvalue weighted by molar-refractivity contribution is 0.0281. The Kier molecular flexibility index (Phi) is 4.07. The fourth-order valence-electron chi connectivity index (χ4n) is 1.89. The van der Waals surface area contributed by atoms with E-state index >= 15 is 0 Å². The molecule has 3 rings (SSSR count). The minimum atomic E-state index is -0.756. The van der Waals surface area contributed by atoms with Crippen molar-refractivity contribution in [2.24, 2.45) is 0 Å². The molecule has 8 heteroatoms. The first kappa shape index (κ1) is 15.2. The van der Waals surface area contributed by atoms with Gasteiger partial charge >= 0.3 is 5.97 Å². The van der Waals surface area contributed by atoms with Crippen LogP contribution in [0.5, 0.6) is 0 Å². The molecule has 0 amide bonds. The Bertz CT molecular complexity index is 832. The quantitative estimate of drug-likeness (QED) is 0.581. The van der Waals surface area contributed by atoms with E-state index in [-0.39, 0.29) is 17.1 Å². The number of anilines is 1. The summed E-state index contributed by atoms with van der Waals surface area (Å²) in [6, 6.07) is 7.18. The minimum absolute atomic E-state index is 0.00648. The molecule has 2 aromatic heterocycles. The molecule has 0 aliphatic heterocycles. The number of nitrogens with two attached hydrogens (primary N) is 1. The van der Waals surface area contributed by atoms with Gasteiger partial charge in [-0.1, -0.05) is 6.07 Å². The van der Waals surface area contributed by atoms with Crippen LogP contribution >= 0.6 is 11.3 Å². The topological polar surface area (TPSA) is 91.2 Å². The molecule has 1 aromatic carbocycles. The van der Waals surface area contributed by atoms with E-state index in [2.05, 4.69) is 10.2 Å². The standard InChI is InChI=1S/C15H12FN3O3S/c1-8(13-18-19-14(22-13)12-3-2-6-23-12)21-15(20)10-5-4-9(16)7-11(10)17/h2-8H,17H2,1H3. The van der Waals surface area contributed by atoms with Gasteiger partial charge in [-0.3, -0.25) is 0 Å². The number of benzene rings is 1. The second kappa shape index (κ2) is 6.17. The summed E-state index contributed by atoms with van der Waals surface area (Å²) < 4.78 is 23.7. The molecule has 2 N–H and O–H groups in total. The molecule has 3 aromatic rings. The normalized spacial score (nSPS) is 12.1. The molecule has 1 atom stereocenters. The number of aromatic nitrogens is 2. The van der Waals surface area contributed by atoms with E-state index in [1.165, 1.54) is 17.4 Å². The molecule has 0 fully saturated rings. The summed E-state index contributed by atoms with van der Waals surface area (Å²) in [5.74, 6) is -0.683. The summed E-state index contributed by atoms with van der Waals surface area (Å²) >= 11 is 1.46. The monoisotopic (exact) mass is 333 g/mol. The summed E-state index contributed by atoms with van der Waals surface area (Å²) in [7, 11) is 0. The number of hydrogen-bond donors (Lipinski definition) is 1. The molecule has 0 aliphatic rings. The van der Waals surface area contributed by atoms with E-state index in [1.807, 2.05) is 17.5 Å². The maximum absolute atomic E-state index is 13.0. The van der Waals surface area contributed by atoms with Crippen molar-refractivity contribution in [2.45, 2.75) is 13.0 Å². The fraction of sp³-hybridized carbons (Fsp3) is 0.133. The van der Waals surface area contributed by atoms with Crippen LogP contribution in [0.25, 0.3) is 10.8 Å². The predicted molar refractivity (Wildman–Crippen MR) is 82.3 cm³/mol. The van der Waals surface area contributed by atoms with Crippen LogP contribution in [0.3, 0.4) is 0 Å². The van der Waals surface area contributed by atoms with Gasteiger partial charge in [0.25, 0.3) is 11.8 Å². The highest BCUT2D eigenvalue weighted by Gasteiger charge is 2.21. The van der Waals surface area contributed by atoms with Gasteiger partial charge < -0.3 is 14.9 Å². The molecule has 0 spiro atoms. The number of carbonyl (C=O) groups is 1. The highest BCUT2D eigenvalue weighted by atomic mass is 32.1. The average Bonchev–Trinajstić information content (AvgIpc) is 3.18. The molecule has 0 radical (unpaired) electrons. The van der Waals surface area contributed by atoms with Crippen LogP contribution in [-0.2, 0) is 4.74 Å². The lowest BCUT2D eigenvalue weighted by atomic mass is 10.2. The average molecular weight is 333 g/mol. The van der Waals surface area contributed by atoms with Crippen LogP contribution in [0.1, 0.15) is 29.3 Å². The Morgan fingerprint density at radius 2 is 2.22 bits per heavy atom. The predicted octanol–water partition coefficient (Wildman–Crippen LogP) is 3.44. The Labute approximate surface area is 134 Å². The van der Waals surface area contributed by atoms with Crippen LogP contribution in [-0.4, -0.2) is 16.2 Å². The zero-order valence-corrected chi connectivity index (χ0v) is 12.8. The van der Waals surface area contributed by atoms with Gasteiger partial charge in [0.1, 0.15) is 5.82 Å². The van der Waals surface area contributed by atoms with Gasteiger partial charge in [0, 0.05) is 5.69 Å². The molecule has 6 nitrogen and oxygen atoms in total. The van der Waals surface area contributed by atoms with Crippen molar-refractivity contribution < 1.29 is 18.3 Å². The van der Waals surface area contributed by atoms with Crippen molar-refractivity contribution in [1.29, 1.82) is 0 Å². The first-order valence-electron chi connectivity index (χ1n) is 6.68. The van der Waals surface area contributed by atoms with Crippen molar-refractivity contribution in [2.75, 3.05) is 5.73 Å². The molecule has 1 unspecified atom stereocenters. The Morgan fingerprint density at radius 3 is 2.91 bits per heavy atom. The minimum Gasteiger partial charge on any atom is -0.449 e. The first-order chi connectivity index (χ1) is 11.0. The van der Waals surface area contributed by atoms with Crippen molar-refractivity contribution >= 4 is 23.0 Å². The van der Waals surface area contributed by atoms with E-state index in [0.717, 1.165) is 17.0 Å². The van der Waals surface area contributed by atoms with Gasteiger partial charge in [0.05, 0.1) is 10.4 Å². The summed E-state index contributed by atoms with van der Waals surface area (Å²) in [5.41, 5.74) is 5.70. The third-order valence-corrected chi connectivity index (χ3v) is 3.90. The molecule has 118 valence electrons. The summed E-state index contributed by atoms with van der Waals surface area (Å²) in [4.78, 5) is 12.9. The van der Waals surface area contributed by atoms with Gasteiger partial charge in [0.2, 0.25) is 0 Å². The van der Waals surface area contributed by atoms with Crippen molar-refractivity contribution in [3.63, 3.8) is 0 Å². The highest BCUT2D eigenvalue weighted by molar-refractivity contribution is 7.13. The van der Waals surface area contributed by atoms with Crippen molar-refractivity contribution in [1.82, 2.24) is 10.2 Å². The molecule has 0 saturated heterocycles. The van der Waals surface area contributed by atoms with Crippen LogP contribution < -0.4 is 5.73 Å². The number of halogens is 1. The van der Waals surface area contributed by atoms with Gasteiger partial charge in [0.15, 0.2) is 6.10 Å². The van der Waals surface area contributed by atoms with E-state index in [1.54, 1.807) is 6.92 Å². The maximum atomic E-state index is 13.0. The summed E-state index contributed by atoms with van der Waals surface area (Å²) in [6.07, 6.45) is -0.756. The van der Waals surface area contributed by atoms with Gasteiger partial charge in [-0.05, 0) is 36.6 Å². The molecule has 0 bridgehead atoms. The van der Waals surface area contributed by atoms with Gasteiger partial charge in [-0.15, -0.1) is 21.5 Å². The van der Waals surface area contributed by atoms with Crippen LogP contribution in [0.4, 0.5) is 10.1 Å². The largest absolute Gasteiger partial charge is 0.449 e. The molecule has 2 heterocycles. The Morgan fingerprint density at radius 1 is 1.39 bits per heavy atom. The Hall–Kier alpha value is -2.74. The lowest BCUT2D eigenvalue weighted by Crippen LogP contribution is -2.11. The number of rotatable bonds is 4. The third-order valence-electron chi connectivity index (χ3n) is 3.04. The Balaban J connectivity index is 1.74. The summed E-state index contributed by atoms with van der Waals surface area (Å²) in [5, 5.41) is 9.68. The fourth-order valence-corrected chi connectivity index (χ4v) is 2.54. The SMILES string of the molecule is CC(OC(=O)c1ccc(F)cc1N)c1nnc(-c2cccs2)o1. The zero-order valence-electron chi connectivity index (χ0n) is 12.0. The van der Waals surface area contributed by atoms with E-state index in [9.17, 15) is 9.18 Å². The van der Waals surface area contributed by atoms with Crippen molar-refractivity contribution in [3.8, 4) is 10.8 Å². The number of esters is 1. The van der Waals surface area contributed by atoms with Gasteiger partial charge in [-0.2, -0.15) is 0 Å². The zero-order chi connectivity index (χ0) is 16.4. The molecule has 23 heavy (non-hydrogen) atoms. The number of ether oxygens (including phenoxy) is 1. The highest BCUT2D eigenvalue weighted by Crippen LogP contribution is 2.26. The second-order valence-electron chi connectivity index (χ2n) is 4.70. The van der Waals surface area contributed by atoms with Crippen LogP contribution in [0, 0.1) is 5.82 Å². The molecule has 0 saturated carbocycles. The number of nitrogen functional groups attached to an aromatic ring is 1. The van der Waals surface area contributed by atoms with Crippen LogP contribution in [0.15, 0.2) is 40.1 Å². The molecular formula is C15H12FN3O3S. The number of carbonyl (C=O) groups excluding carboxylic acids is 1. The van der Waals surface area contributed by atoms with Crippen LogP contribution in [0.2, 0.25) is 0 Å². The number of nitrogens with zero attached hydrogens (tertiary/aromatic N) is 2. The smallest absolute Gasteiger partial charge is 0.341 e. The van der Waals surface area contributed by atoms with E-state index < -0.39 is 17.9 Å². The third kappa shape index (κ3) is 3.21. The molecule has 0 aliphatic carbocycles. The molecular weight excluding hydrogens is 321 g/mol. The maximum Gasteiger partial charge on any atom is 0.341 e. The van der Waals surface area contributed by atoms with E-state index in [4.69, 9.17) is 14.9 Å². The van der Waals surface area contributed by atoms with E-state index in [0.29, 0.717) is 5.89 Å². The first-order valence-corrected chi connectivity index (χ1v) is 7.56. The second-order valence-corrected chi connectivity index (χ2v) is 5.65. The number of hydrogen-bond acceptors (Lipinski definition) is 7. The van der Waals surface area contributed by atoms with Gasteiger partial charge in [-0.25, -0.2) is 9.18 Å².